The lowest BCUT2D eigenvalue weighted by atomic mass is 10.1. The van der Waals surface area contributed by atoms with E-state index in [4.69, 9.17) is 9.84 Å². The first-order valence-corrected chi connectivity index (χ1v) is 5.32. The Labute approximate surface area is 83.8 Å². The number of ether oxygens (including phenoxy) is 1. The zero-order valence-corrected chi connectivity index (χ0v) is 8.32. The zero-order chi connectivity index (χ0) is 9.97. The SMILES string of the molecule is O=C(O)C1CCN(C2CCOCC2)C1. The van der Waals surface area contributed by atoms with E-state index in [1.54, 1.807) is 0 Å². The van der Waals surface area contributed by atoms with Crippen LogP contribution in [0.2, 0.25) is 0 Å². The summed E-state index contributed by atoms with van der Waals surface area (Å²) >= 11 is 0. The van der Waals surface area contributed by atoms with Crippen molar-refractivity contribution >= 4 is 5.97 Å². The minimum atomic E-state index is -0.639. The molecule has 80 valence electrons. The predicted octanol–water partition coefficient (Wildman–Crippen LogP) is 0.572. The Hall–Kier alpha value is -0.610. The van der Waals surface area contributed by atoms with Crippen LogP contribution < -0.4 is 0 Å². The molecule has 1 N–H and O–H groups in total. The number of likely N-dealkylation sites (tertiary alicyclic amines) is 1. The Balaban J connectivity index is 1.85. The lowest BCUT2D eigenvalue weighted by Crippen LogP contribution is -2.38. The second-order valence-corrected chi connectivity index (χ2v) is 4.16. The number of hydrogen-bond donors (Lipinski definition) is 1. The maximum Gasteiger partial charge on any atom is 0.307 e. The molecule has 0 saturated carbocycles. The van der Waals surface area contributed by atoms with Gasteiger partial charge in [-0.2, -0.15) is 0 Å². The first-order valence-electron chi connectivity index (χ1n) is 5.32. The van der Waals surface area contributed by atoms with E-state index in [0.717, 1.165) is 45.6 Å². The quantitative estimate of drug-likeness (QED) is 0.706. The highest BCUT2D eigenvalue weighted by Crippen LogP contribution is 2.23. The van der Waals surface area contributed by atoms with Crippen LogP contribution in [0.5, 0.6) is 0 Å². The molecule has 0 aromatic carbocycles. The number of rotatable bonds is 2. The van der Waals surface area contributed by atoms with Gasteiger partial charge < -0.3 is 9.84 Å². The molecule has 4 nitrogen and oxygen atoms in total. The average Bonchev–Trinajstić information content (AvgIpc) is 2.68. The van der Waals surface area contributed by atoms with Crippen molar-refractivity contribution in [3.8, 4) is 0 Å². The van der Waals surface area contributed by atoms with E-state index < -0.39 is 5.97 Å². The van der Waals surface area contributed by atoms with E-state index in [1.807, 2.05) is 0 Å². The third kappa shape index (κ3) is 2.07. The number of hydrogen-bond acceptors (Lipinski definition) is 3. The lowest BCUT2D eigenvalue weighted by Gasteiger charge is -2.30. The van der Waals surface area contributed by atoms with E-state index in [9.17, 15) is 4.79 Å². The third-order valence-electron chi connectivity index (χ3n) is 3.28. The molecular formula is C10H17NO3. The zero-order valence-electron chi connectivity index (χ0n) is 8.32. The number of nitrogens with zero attached hydrogens (tertiary/aromatic N) is 1. The molecule has 0 amide bonds. The van der Waals surface area contributed by atoms with Gasteiger partial charge in [0.1, 0.15) is 0 Å². The van der Waals surface area contributed by atoms with Crippen LogP contribution in [0.25, 0.3) is 0 Å². The molecular weight excluding hydrogens is 182 g/mol. The van der Waals surface area contributed by atoms with E-state index in [1.165, 1.54) is 0 Å². The van der Waals surface area contributed by atoms with Gasteiger partial charge in [-0.1, -0.05) is 0 Å². The summed E-state index contributed by atoms with van der Waals surface area (Å²) in [5.74, 6) is -0.780. The molecule has 2 heterocycles. The van der Waals surface area contributed by atoms with E-state index in [2.05, 4.69) is 4.90 Å². The molecule has 1 atom stereocenters. The Bertz CT molecular complexity index is 213. The summed E-state index contributed by atoms with van der Waals surface area (Å²) in [6.45, 7) is 3.35. The molecule has 0 radical (unpaired) electrons. The third-order valence-corrected chi connectivity index (χ3v) is 3.28. The lowest BCUT2D eigenvalue weighted by molar-refractivity contribution is -0.141. The molecule has 2 aliphatic rings. The fourth-order valence-corrected chi connectivity index (χ4v) is 2.37. The molecule has 2 saturated heterocycles. The molecule has 0 spiro atoms. The van der Waals surface area contributed by atoms with Gasteiger partial charge in [0.05, 0.1) is 5.92 Å². The van der Waals surface area contributed by atoms with Crippen molar-refractivity contribution in [1.82, 2.24) is 4.90 Å². The standard InChI is InChI=1S/C10H17NO3/c12-10(13)8-1-4-11(7-8)9-2-5-14-6-3-9/h8-9H,1-7H2,(H,12,13). The van der Waals surface area contributed by atoms with Crippen molar-refractivity contribution in [2.45, 2.75) is 25.3 Å². The van der Waals surface area contributed by atoms with Crippen LogP contribution in [0, 0.1) is 5.92 Å². The normalized spacial score (nSPS) is 30.7. The summed E-state index contributed by atoms with van der Waals surface area (Å²) in [6.07, 6.45) is 2.94. The number of carboxylic acids is 1. The van der Waals surface area contributed by atoms with Gasteiger partial charge in [-0.25, -0.2) is 0 Å². The van der Waals surface area contributed by atoms with Crippen molar-refractivity contribution in [1.29, 1.82) is 0 Å². The molecule has 2 fully saturated rings. The van der Waals surface area contributed by atoms with Gasteiger partial charge >= 0.3 is 5.97 Å². The smallest absolute Gasteiger partial charge is 0.307 e. The van der Waals surface area contributed by atoms with E-state index in [-0.39, 0.29) is 5.92 Å². The average molecular weight is 199 g/mol. The number of aliphatic carboxylic acids is 1. The highest BCUT2D eigenvalue weighted by molar-refractivity contribution is 5.70. The molecule has 0 bridgehead atoms. The first-order chi connectivity index (χ1) is 6.77. The second kappa shape index (κ2) is 4.28. The van der Waals surface area contributed by atoms with Gasteiger partial charge in [0, 0.05) is 25.8 Å². The second-order valence-electron chi connectivity index (χ2n) is 4.16. The van der Waals surface area contributed by atoms with Crippen LogP contribution in [0.4, 0.5) is 0 Å². The van der Waals surface area contributed by atoms with Crippen molar-refractivity contribution in [3.63, 3.8) is 0 Å². The fourth-order valence-electron chi connectivity index (χ4n) is 2.37. The van der Waals surface area contributed by atoms with Crippen LogP contribution in [0.1, 0.15) is 19.3 Å². The molecule has 14 heavy (non-hydrogen) atoms. The topological polar surface area (TPSA) is 49.8 Å². The van der Waals surface area contributed by atoms with E-state index in [0.29, 0.717) is 6.04 Å². The van der Waals surface area contributed by atoms with Gasteiger partial charge in [0.15, 0.2) is 0 Å². The maximum absolute atomic E-state index is 10.8. The van der Waals surface area contributed by atoms with Gasteiger partial charge in [-0.15, -0.1) is 0 Å². The molecule has 0 aromatic heterocycles. The van der Waals surface area contributed by atoms with E-state index >= 15 is 0 Å². The largest absolute Gasteiger partial charge is 0.481 e. The Morgan fingerprint density at radius 3 is 2.57 bits per heavy atom. The first kappa shape index (κ1) is 9.93. The minimum Gasteiger partial charge on any atom is -0.481 e. The van der Waals surface area contributed by atoms with Crippen molar-refractivity contribution in [2.24, 2.45) is 5.92 Å². The van der Waals surface area contributed by atoms with Crippen molar-refractivity contribution < 1.29 is 14.6 Å². The fraction of sp³-hybridized carbons (Fsp3) is 0.900. The minimum absolute atomic E-state index is 0.141. The molecule has 1 unspecified atom stereocenters. The molecule has 2 aliphatic heterocycles. The van der Waals surface area contributed by atoms with Gasteiger partial charge in [0.25, 0.3) is 0 Å². The summed E-state index contributed by atoms with van der Waals surface area (Å²) < 4.78 is 5.29. The summed E-state index contributed by atoms with van der Waals surface area (Å²) in [5, 5.41) is 8.88. The van der Waals surface area contributed by atoms with Crippen molar-refractivity contribution in [3.05, 3.63) is 0 Å². The number of carboxylic acid groups (broad SMARTS) is 1. The van der Waals surface area contributed by atoms with Crippen LogP contribution >= 0.6 is 0 Å². The predicted molar refractivity (Wildman–Crippen MR) is 51.2 cm³/mol. The Morgan fingerprint density at radius 1 is 1.29 bits per heavy atom. The molecule has 2 rings (SSSR count). The molecule has 0 aromatic rings. The van der Waals surface area contributed by atoms with Crippen LogP contribution in [0.15, 0.2) is 0 Å². The Morgan fingerprint density at radius 2 is 2.00 bits per heavy atom. The molecule has 4 heteroatoms. The number of carbonyl (C=O) groups is 1. The molecule has 0 aliphatic carbocycles. The van der Waals surface area contributed by atoms with Crippen LogP contribution in [0.3, 0.4) is 0 Å². The van der Waals surface area contributed by atoms with Gasteiger partial charge in [-0.05, 0) is 25.8 Å². The van der Waals surface area contributed by atoms with Crippen molar-refractivity contribution in [2.75, 3.05) is 26.3 Å². The Kier molecular flexibility index (Phi) is 3.03. The summed E-state index contributed by atoms with van der Waals surface area (Å²) in [6, 6.07) is 0.563. The highest BCUT2D eigenvalue weighted by atomic mass is 16.5. The summed E-state index contributed by atoms with van der Waals surface area (Å²) in [5.41, 5.74) is 0. The summed E-state index contributed by atoms with van der Waals surface area (Å²) in [7, 11) is 0. The highest BCUT2D eigenvalue weighted by Gasteiger charge is 2.32. The maximum atomic E-state index is 10.8. The van der Waals surface area contributed by atoms with Crippen LogP contribution in [-0.2, 0) is 9.53 Å². The van der Waals surface area contributed by atoms with Gasteiger partial charge in [-0.3, -0.25) is 9.69 Å². The summed E-state index contributed by atoms with van der Waals surface area (Å²) in [4.78, 5) is 13.1. The monoisotopic (exact) mass is 199 g/mol. The van der Waals surface area contributed by atoms with Crippen LogP contribution in [-0.4, -0.2) is 48.3 Å². The van der Waals surface area contributed by atoms with Gasteiger partial charge in [0.2, 0.25) is 0 Å².